The number of carbonyl (C=O) groups excluding carboxylic acids is 1. The van der Waals surface area contributed by atoms with Crippen molar-refractivity contribution in [2.45, 2.75) is 6.92 Å². The summed E-state index contributed by atoms with van der Waals surface area (Å²) in [5.41, 5.74) is 1.57. The molecule has 2 rings (SSSR count). The Morgan fingerprint density at radius 3 is 2.59 bits per heavy atom. The number of methoxy groups -OCH3 is 1. The molecule has 6 nitrogen and oxygen atoms in total. The van der Waals surface area contributed by atoms with Crippen molar-refractivity contribution in [1.82, 2.24) is 0 Å². The lowest BCUT2D eigenvalue weighted by atomic mass is 10.1. The number of ether oxygens (including phenoxy) is 1. The van der Waals surface area contributed by atoms with Gasteiger partial charge in [-0.3, -0.25) is 14.9 Å². The van der Waals surface area contributed by atoms with Crippen LogP contribution in [0.4, 0.5) is 11.4 Å². The summed E-state index contributed by atoms with van der Waals surface area (Å²) >= 11 is 3.37. The third-order valence-corrected chi connectivity index (χ3v) is 3.67. The van der Waals surface area contributed by atoms with Crippen LogP contribution in [0, 0.1) is 17.0 Å². The number of halogens is 1. The molecule has 0 aliphatic heterocycles. The normalized spacial score (nSPS) is 10.1. The monoisotopic (exact) mass is 364 g/mol. The molecular weight excluding hydrogens is 352 g/mol. The molecule has 0 spiro atoms. The predicted octanol–water partition coefficient (Wildman–Crippen LogP) is 3.93. The van der Waals surface area contributed by atoms with Gasteiger partial charge in [-0.1, -0.05) is 6.07 Å². The van der Waals surface area contributed by atoms with Gasteiger partial charge < -0.3 is 10.1 Å². The summed E-state index contributed by atoms with van der Waals surface area (Å²) in [6.07, 6.45) is 0. The highest BCUT2D eigenvalue weighted by atomic mass is 79.9. The number of hydrogen-bond acceptors (Lipinski definition) is 4. The van der Waals surface area contributed by atoms with Gasteiger partial charge in [0.05, 0.1) is 17.7 Å². The molecule has 0 fully saturated rings. The van der Waals surface area contributed by atoms with Crippen molar-refractivity contribution in [3.8, 4) is 5.75 Å². The van der Waals surface area contributed by atoms with E-state index in [1.165, 1.54) is 25.3 Å². The number of rotatable bonds is 4. The van der Waals surface area contributed by atoms with Gasteiger partial charge in [0.2, 0.25) is 0 Å². The second-order valence-corrected chi connectivity index (χ2v) is 5.44. The number of amides is 1. The Morgan fingerprint density at radius 2 is 2.00 bits per heavy atom. The number of nitrogens with one attached hydrogen (secondary N) is 1. The summed E-state index contributed by atoms with van der Waals surface area (Å²) in [5, 5.41) is 13.7. The van der Waals surface area contributed by atoms with E-state index >= 15 is 0 Å². The lowest BCUT2D eigenvalue weighted by molar-refractivity contribution is -0.385. The van der Waals surface area contributed by atoms with Crippen LogP contribution in [0.1, 0.15) is 15.9 Å². The molecule has 0 aliphatic carbocycles. The maximum absolute atomic E-state index is 12.2. The van der Waals surface area contributed by atoms with E-state index in [2.05, 4.69) is 21.2 Å². The highest BCUT2D eigenvalue weighted by Gasteiger charge is 2.18. The van der Waals surface area contributed by atoms with Crippen LogP contribution in [0.25, 0.3) is 0 Å². The number of aryl methyl sites for hydroxylation is 1. The highest BCUT2D eigenvalue weighted by molar-refractivity contribution is 9.10. The molecule has 0 atom stereocenters. The van der Waals surface area contributed by atoms with Crippen LogP contribution >= 0.6 is 15.9 Å². The Balaban J connectivity index is 2.30. The van der Waals surface area contributed by atoms with Crippen LogP contribution in [0.3, 0.4) is 0 Å². The number of nitro groups is 1. The van der Waals surface area contributed by atoms with E-state index in [0.29, 0.717) is 5.69 Å². The molecule has 2 aromatic carbocycles. The quantitative estimate of drug-likeness (QED) is 0.658. The molecule has 0 radical (unpaired) electrons. The number of nitro benzene ring substituents is 1. The number of nitrogens with zero attached hydrogens (tertiary/aromatic N) is 1. The van der Waals surface area contributed by atoms with Crippen molar-refractivity contribution in [3.63, 3.8) is 0 Å². The number of benzene rings is 2. The van der Waals surface area contributed by atoms with Crippen LogP contribution < -0.4 is 10.1 Å². The smallest absolute Gasteiger partial charge is 0.311 e. The van der Waals surface area contributed by atoms with Gasteiger partial charge in [0.1, 0.15) is 0 Å². The zero-order valence-electron chi connectivity index (χ0n) is 11.9. The molecule has 0 saturated heterocycles. The predicted molar refractivity (Wildman–Crippen MR) is 86.5 cm³/mol. The molecule has 22 heavy (non-hydrogen) atoms. The van der Waals surface area contributed by atoms with Gasteiger partial charge in [-0.05, 0) is 52.7 Å². The summed E-state index contributed by atoms with van der Waals surface area (Å²) in [5.74, 6) is -0.326. The Kier molecular flexibility index (Phi) is 4.77. The number of anilines is 1. The van der Waals surface area contributed by atoms with E-state index in [-0.39, 0.29) is 17.0 Å². The molecule has 0 heterocycles. The first-order valence-electron chi connectivity index (χ1n) is 6.32. The van der Waals surface area contributed by atoms with Crippen molar-refractivity contribution in [2.75, 3.05) is 12.4 Å². The van der Waals surface area contributed by atoms with Crippen molar-refractivity contribution in [1.29, 1.82) is 0 Å². The van der Waals surface area contributed by atoms with E-state index in [1.54, 1.807) is 6.07 Å². The van der Waals surface area contributed by atoms with Crippen LogP contribution in [0.15, 0.2) is 40.9 Å². The second-order valence-electron chi connectivity index (χ2n) is 4.58. The SMILES string of the molecule is COc1ccc(C(=O)Nc2ccc(C)cc2Br)cc1[N+](=O)[O-]. The van der Waals surface area contributed by atoms with Crippen molar-refractivity contribution in [3.05, 3.63) is 62.1 Å². The minimum Gasteiger partial charge on any atom is -0.490 e. The standard InChI is InChI=1S/C15H13BrN2O4/c1-9-3-5-12(11(16)7-9)17-15(19)10-4-6-14(22-2)13(8-10)18(20)21/h3-8H,1-2H3,(H,17,19). The van der Waals surface area contributed by atoms with Gasteiger partial charge in [0.25, 0.3) is 5.91 Å². The fraction of sp³-hybridized carbons (Fsp3) is 0.133. The highest BCUT2D eigenvalue weighted by Crippen LogP contribution is 2.29. The molecule has 0 bridgehead atoms. The number of carbonyl (C=O) groups is 1. The molecule has 0 aromatic heterocycles. The first kappa shape index (κ1) is 16.0. The van der Waals surface area contributed by atoms with Gasteiger partial charge in [0.15, 0.2) is 5.75 Å². The van der Waals surface area contributed by atoms with E-state index in [9.17, 15) is 14.9 Å². The van der Waals surface area contributed by atoms with Crippen LogP contribution in [-0.4, -0.2) is 17.9 Å². The van der Waals surface area contributed by atoms with E-state index in [0.717, 1.165) is 10.0 Å². The molecule has 0 saturated carbocycles. The fourth-order valence-electron chi connectivity index (χ4n) is 1.89. The molecule has 1 N–H and O–H groups in total. The lowest BCUT2D eigenvalue weighted by Crippen LogP contribution is -2.12. The summed E-state index contributed by atoms with van der Waals surface area (Å²) in [6.45, 7) is 1.93. The van der Waals surface area contributed by atoms with Gasteiger partial charge in [-0.2, -0.15) is 0 Å². The molecule has 7 heteroatoms. The molecule has 2 aromatic rings. The average Bonchev–Trinajstić information content (AvgIpc) is 2.49. The molecule has 1 amide bonds. The maximum atomic E-state index is 12.2. The third kappa shape index (κ3) is 3.43. The molecular formula is C15H13BrN2O4. The molecule has 0 aliphatic rings. The topological polar surface area (TPSA) is 81.5 Å². The lowest BCUT2D eigenvalue weighted by Gasteiger charge is -2.09. The summed E-state index contributed by atoms with van der Waals surface area (Å²) < 4.78 is 5.65. The zero-order valence-corrected chi connectivity index (χ0v) is 13.5. The second kappa shape index (κ2) is 6.57. The largest absolute Gasteiger partial charge is 0.490 e. The van der Waals surface area contributed by atoms with Crippen LogP contribution in [0.5, 0.6) is 5.75 Å². The third-order valence-electron chi connectivity index (χ3n) is 3.01. The summed E-state index contributed by atoms with van der Waals surface area (Å²) in [7, 11) is 1.34. The Bertz CT molecular complexity index is 746. The van der Waals surface area contributed by atoms with E-state index in [1.807, 2.05) is 19.1 Å². The minimum atomic E-state index is -0.586. The van der Waals surface area contributed by atoms with Crippen molar-refractivity contribution < 1.29 is 14.5 Å². The van der Waals surface area contributed by atoms with Gasteiger partial charge in [-0.15, -0.1) is 0 Å². The minimum absolute atomic E-state index is 0.109. The van der Waals surface area contributed by atoms with Crippen LogP contribution in [-0.2, 0) is 0 Å². The van der Waals surface area contributed by atoms with Gasteiger partial charge >= 0.3 is 5.69 Å². The average molecular weight is 365 g/mol. The Morgan fingerprint density at radius 1 is 1.27 bits per heavy atom. The molecule has 114 valence electrons. The zero-order chi connectivity index (χ0) is 16.3. The van der Waals surface area contributed by atoms with E-state index in [4.69, 9.17) is 4.74 Å². The number of hydrogen-bond donors (Lipinski definition) is 1. The summed E-state index contributed by atoms with van der Waals surface area (Å²) in [4.78, 5) is 22.6. The first-order valence-corrected chi connectivity index (χ1v) is 7.11. The van der Waals surface area contributed by atoms with Gasteiger partial charge in [-0.25, -0.2) is 0 Å². The molecule has 0 unspecified atom stereocenters. The summed E-state index contributed by atoms with van der Waals surface area (Å²) in [6, 6.07) is 9.55. The van der Waals surface area contributed by atoms with E-state index < -0.39 is 10.8 Å². The Labute approximate surface area is 135 Å². The Hall–Kier alpha value is -2.41. The van der Waals surface area contributed by atoms with Crippen molar-refractivity contribution >= 4 is 33.2 Å². The fourth-order valence-corrected chi connectivity index (χ4v) is 2.48. The van der Waals surface area contributed by atoms with Crippen molar-refractivity contribution in [2.24, 2.45) is 0 Å². The first-order chi connectivity index (χ1) is 10.4. The van der Waals surface area contributed by atoms with Gasteiger partial charge in [0, 0.05) is 16.1 Å². The maximum Gasteiger partial charge on any atom is 0.311 e. The van der Waals surface area contributed by atoms with Crippen LogP contribution in [0.2, 0.25) is 0 Å².